The zero-order valence-electron chi connectivity index (χ0n) is 18.3. The number of carbonyl (C=O) groups is 1. The molecule has 164 valence electrons. The van der Waals surface area contributed by atoms with Gasteiger partial charge in [-0.1, -0.05) is 30.3 Å². The van der Waals surface area contributed by atoms with E-state index in [0.29, 0.717) is 6.61 Å². The molecule has 0 saturated heterocycles. The highest BCUT2D eigenvalue weighted by Gasteiger charge is 2.29. The summed E-state index contributed by atoms with van der Waals surface area (Å²) in [5.41, 5.74) is 7.14. The van der Waals surface area contributed by atoms with Gasteiger partial charge in [-0.15, -0.1) is 0 Å². The number of benzene rings is 3. The van der Waals surface area contributed by atoms with Gasteiger partial charge < -0.3 is 19.3 Å². The van der Waals surface area contributed by atoms with Crippen LogP contribution < -0.4 is 14.2 Å². The van der Waals surface area contributed by atoms with Crippen LogP contribution in [-0.2, 0) is 11.2 Å². The number of hydrogen-bond donors (Lipinski definition) is 1. The lowest BCUT2D eigenvalue weighted by Gasteiger charge is -2.17. The van der Waals surface area contributed by atoms with Crippen LogP contribution in [0, 0.1) is 6.92 Å². The molecule has 5 heteroatoms. The summed E-state index contributed by atoms with van der Waals surface area (Å²) >= 11 is 0. The largest absolute Gasteiger partial charge is 0.497 e. The number of carboxylic acid groups (broad SMARTS) is 1. The van der Waals surface area contributed by atoms with Gasteiger partial charge in [0.2, 0.25) is 0 Å². The topological polar surface area (TPSA) is 65.0 Å². The third-order valence-corrected chi connectivity index (χ3v) is 6.51. The van der Waals surface area contributed by atoms with Crippen molar-refractivity contribution in [2.45, 2.75) is 38.2 Å². The highest BCUT2D eigenvalue weighted by molar-refractivity contribution is 5.74. The van der Waals surface area contributed by atoms with E-state index >= 15 is 0 Å². The molecule has 1 aliphatic heterocycles. The van der Waals surface area contributed by atoms with Crippen LogP contribution in [0.5, 0.6) is 17.2 Å². The van der Waals surface area contributed by atoms with Crippen molar-refractivity contribution in [2.75, 3.05) is 13.7 Å². The van der Waals surface area contributed by atoms with E-state index in [1.165, 1.54) is 27.8 Å². The summed E-state index contributed by atoms with van der Waals surface area (Å²) < 4.78 is 17.6. The third-order valence-electron chi connectivity index (χ3n) is 6.51. The van der Waals surface area contributed by atoms with E-state index in [-0.39, 0.29) is 18.4 Å². The molecule has 0 amide bonds. The maximum absolute atomic E-state index is 11.1. The summed E-state index contributed by atoms with van der Waals surface area (Å²) in [6.45, 7) is 2.53. The van der Waals surface area contributed by atoms with Crippen LogP contribution in [0.2, 0.25) is 0 Å². The predicted molar refractivity (Wildman–Crippen MR) is 122 cm³/mol. The van der Waals surface area contributed by atoms with Gasteiger partial charge in [0.25, 0.3) is 0 Å². The Balaban J connectivity index is 1.41. The number of fused-ring (bicyclic) bond motifs is 2. The van der Waals surface area contributed by atoms with Crippen molar-refractivity contribution in [3.05, 3.63) is 76.9 Å². The van der Waals surface area contributed by atoms with Crippen molar-refractivity contribution in [1.82, 2.24) is 0 Å². The van der Waals surface area contributed by atoms with Crippen LogP contribution in [0.3, 0.4) is 0 Å². The van der Waals surface area contributed by atoms with Gasteiger partial charge in [0.1, 0.15) is 23.4 Å². The van der Waals surface area contributed by atoms with E-state index in [1.807, 2.05) is 24.3 Å². The fourth-order valence-electron chi connectivity index (χ4n) is 4.88. The lowest BCUT2D eigenvalue weighted by atomic mass is 9.93. The standard InChI is InChI=1S/C27H26O5/c1-16-6-7-18(30-2)13-24(16)21-4-3-5-23-22(21)10-11-25(23)32-19-8-9-20-17(12-27(28)29)15-31-26(20)14-19/h3-9,13-14,17,25H,10-12,15H2,1-2H3,(H,28,29). The number of aliphatic carboxylic acids is 1. The minimum atomic E-state index is -0.809. The number of methoxy groups -OCH3 is 1. The normalized spacial score (nSPS) is 18.6. The Morgan fingerprint density at radius 1 is 1.06 bits per heavy atom. The Bertz CT molecular complexity index is 1180. The summed E-state index contributed by atoms with van der Waals surface area (Å²) in [4.78, 5) is 11.1. The average molecular weight is 431 g/mol. The van der Waals surface area contributed by atoms with Gasteiger partial charge in [-0.3, -0.25) is 4.79 Å². The van der Waals surface area contributed by atoms with E-state index < -0.39 is 5.97 Å². The molecule has 5 nitrogen and oxygen atoms in total. The number of carboxylic acids is 1. The molecule has 2 aliphatic rings. The summed E-state index contributed by atoms with van der Waals surface area (Å²) in [6, 6.07) is 18.4. The molecule has 3 aromatic carbocycles. The Kier molecular flexibility index (Phi) is 5.25. The molecular weight excluding hydrogens is 404 g/mol. The molecule has 0 aromatic heterocycles. The second kappa shape index (κ2) is 8.23. The fraction of sp³-hybridized carbons (Fsp3) is 0.296. The molecule has 0 radical (unpaired) electrons. The molecule has 2 unspecified atom stereocenters. The van der Waals surface area contributed by atoms with Crippen molar-refractivity contribution < 1.29 is 24.1 Å². The second-order valence-electron chi connectivity index (χ2n) is 8.50. The third kappa shape index (κ3) is 3.68. The Hall–Kier alpha value is -3.47. The van der Waals surface area contributed by atoms with Crippen molar-refractivity contribution in [3.63, 3.8) is 0 Å². The van der Waals surface area contributed by atoms with Gasteiger partial charge in [-0.2, -0.15) is 0 Å². The summed E-state index contributed by atoms with van der Waals surface area (Å²) in [7, 11) is 1.69. The number of hydrogen-bond acceptors (Lipinski definition) is 4. The fourth-order valence-corrected chi connectivity index (χ4v) is 4.88. The van der Waals surface area contributed by atoms with Gasteiger partial charge >= 0.3 is 5.97 Å². The van der Waals surface area contributed by atoms with E-state index in [2.05, 4.69) is 37.3 Å². The molecule has 0 fully saturated rings. The SMILES string of the molecule is COc1ccc(C)c(-c2cccc3c2CCC3Oc2ccc3c(c2)OCC3CC(=O)O)c1. The Morgan fingerprint density at radius 2 is 1.91 bits per heavy atom. The molecule has 2 atom stereocenters. The van der Waals surface area contributed by atoms with Crippen LogP contribution in [0.4, 0.5) is 0 Å². The highest BCUT2D eigenvalue weighted by atomic mass is 16.5. The predicted octanol–water partition coefficient (Wildman–Crippen LogP) is 5.69. The summed E-state index contributed by atoms with van der Waals surface area (Å²) in [5, 5.41) is 9.10. The van der Waals surface area contributed by atoms with Crippen LogP contribution in [0.15, 0.2) is 54.6 Å². The lowest BCUT2D eigenvalue weighted by molar-refractivity contribution is -0.137. The summed E-state index contributed by atoms with van der Waals surface area (Å²) in [6.07, 6.45) is 1.92. The molecule has 5 rings (SSSR count). The summed E-state index contributed by atoms with van der Waals surface area (Å²) in [5.74, 6) is 1.43. The van der Waals surface area contributed by atoms with E-state index in [4.69, 9.17) is 19.3 Å². The zero-order chi connectivity index (χ0) is 22.2. The van der Waals surface area contributed by atoms with Crippen molar-refractivity contribution >= 4 is 5.97 Å². The Morgan fingerprint density at radius 3 is 2.72 bits per heavy atom. The first kappa shape index (κ1) is 20.4. The van der Waals surface area contributed by atoms with Gasteiger partial charge in [0.15, 0.2) is 0 Å². The monoisotopic (exact) mass is 430 g/mol. The second-order valence-corrected chi connectivity index (χ2v) is 8.50. The van der Waals surface area contributed by atoms with Crippen molar-refractivity contribution in [1.29, 1.82) is 0 Å². The smallest absolute Gasteiger partial charge is 0.304 e. The van der Waals surface area contributed by atoms with E-state index in [9.17, 15) is 4.79 Å². The molecule has 1 N–H and O–H groups in total. The minimum Gasteiger partial charge on any atom is -0.497 e. The highest BCUT2D eigenvalue weighted by Crippen LogP contribution is 2.43. The molecule has 0 spiro atoms. The molecule has 1 heterocycles. The zero-order valence-corrected chi connectivity index (χ0v) is 18.3. The molecule has 3 aromatic rings. The van der Waals surface area contributed by atoms with Crippen LogP contribution >= 0.6 is 0 Å². The minimum absolute atomic E-state index is 0.0230. The van der Waals surface area contributed by atoms with Gasteiger partial charge in [0, 0.05) is 17.5 Å². The first-order chi connectivity index (χ1) is 15.5. The van der Waals surface area contributed by atoms with Crippen molar-refractivity contribution in [3.8, 4) is 28.4 Å². The van der Waals surface area contributed by atoms with Crippen LogP contribution in [0.25, 0.3) is 11.1 Å². The van der Waals surface area contributed by atoms with Crippen molar-refractivity contribution in [2.24, 2.45) is 0 Å². The maximum Gasteiger partial charge on any atom is 0.304 e. The van der Waals surface area contributed by atoms with Gasteiger partial charge in [-0.05, 0) is 65.8 Å². The van der Waals surface area contributed by atoms with Crippen LogP contribution in [-0.4, -0.2) is 24.8 Å². The first-order valence-electron chi connectivity index (χ1n) is 11.0. The number of ether oxygens (including phenoxy) is 3. The van der Waals surface area contributed by atoms with E-state index in [0.717, 1.165) is 35.7 Å². The number of aryl methyl sites for hydroxylation is 1. The first-order valence-corrected chi connectivity index (χ1v) is 11.0. The molecular formula is C27H26O5. The van der Waals surface area contributed by atoms with Gasteiger partial charge in [-0.25, -0.2) is 0 Å². The molecule has 0 saturated carbocycles. The number of rotatable bonds is 6. The maximum atomic E-state index is 11.1. The lowest BCUT2D eigenvalue weighted by Crippen LogP contribution is -2.07. The Labute approximate surface area is 187 Å². The quantitative estimate of drug-likeness (QED) is 0.544. The molecule has 0 bridgehead atoms. The average Bonchev–Trinajstić information content (AvgIpc) is 3.38. The van der Waals surface area contributed by atoms with E-state index in [1.54, 1.807) is 7.11 Å². The van der Waals surface area contributed by atoms with Gasteiger partial charge in [0.05, 0.1) is 20.1 Å². The molecule has 1 aliphatic carbocycles. The molecule has 32 heavy (non-hydrogen) atoms. The van der Waals surface area contributed by atoms with Crippen LogP contribution in [0.1, 0.15) is 47.1 Å².